The maximum atomic E-state index is 11.7. The molecule has 1 fully saturated rings. The zero-order chi connectivity index (χ0) is 12.3. The van der Waals surface area contributed by atoms with E-state index in [1.165, 1.54) is 12.8 Å². The number of aryl methyl sites for hydroxylation is 1. The highest BCUT2D eigenvalue weighted by atomic mass is 32.1. The highest BCUT2D eigenvalue weighted by Gasteiger charge is 2.28. The molecule has 0 spiro atoms. The van der Waals surface area contributed by atoms with Crippen LogP contribution in [-0.2, 0) is 17.6 Å². The first-order chi connectivity index (χ1) is 8.19. The molecule has 5 heteroatoms. The van der Waals surface area contributed by atoms with Crippen LogP contribution in [0.1, 0.15) is 30.5 Å². The molecule has 1 heterocycles. The van der Waals surface area contributed by atoms with Gasteiger partial charge in [0.2, 0.25) is 5.91 Å². The zero-order valence-electron chi connectivity index (χ0n) is 10.1. The van der Waals surface area contributed by atoms with Crippen molar-refractivity contribution in [3.8, 4) is 0 Å². The second kappa shape index (κ2) is 5.60. The molecule has 3 N–H and O–H groups in total. The van der Waals surface area contributed by atoms with E-state index in [0.29, 0.717) is 18.9 Å². The van der Waals surface area contributed by atoms with Crippen molar-refractivity contribution < 1.29 is 4.79 Å². The predicted molar refractivity (Wildman–Crippen MR) is 68.9 cm³/mol. The van der Waals surface area contributed by atoms with Gasteiger partial charge >= 0.3 is 0 Å². The van der Waals surface area contributed by atoms with Gasteiger partial charge in [0.15, 0.2) is 0 Å². The molecule has 1 aromatic heterocycles. The van der Waals surface area contributed by atoms with Crippen LogP contribution in [-0.4, -0.2) is 23.5 Å². The average molecular weight is 253 g/mol. The molecule has 0 saturated heterocycles. The Labute approximate surface area is 106 Å². The van der Waals surface area contributed by atoms with Crippen LogP contribution in [0, 0.1) is 5.92 Å². The lowest BCUT2D eigenvalue weighted by molar-refractivity contribution is -0.120. The minimum absolute atomic E-state index is 0.0223. The van der Waals surface area contributed by atoms with Gasteiger partial charge in [-0.3, -0.25) is 4.79 Å². The van der Waals surface area contributed by atoms with E-state index >= 15 is 0 Å². The van der Waals surface area contributed by atoms with Gasteiger partial charge in [0, 0.05) is 18.0 Å². The van der Waals surface area contributed by atoms with E-state index in [2.05, 4.69) is 17.2 Å². The Morgan fingerprint density at radius 2 is 2.47 bits per heavy atom. The minimum atomic E-state index is 0.0223. The summed E-state index contributed by atoms with van der Waals surface area (Å²) >= 11 is 1.62. The lowest BCUT2D eigenvalue weighted by atomic mass is 10.2. The van der Waals surface area contributed by atoms with Gasteiger partial charge in [0.25, 0.3) is 0 Å². The molecular weight excluding hydrogens is 234 g/mol. The number of carbonyl (C=O) groups is 1. The summed E-state index contributed by atoms with van der Waals surface area (Å²) in [6.45, 7) is 2.66. The molecule has 94 valence electrons. The second-order valence-electron chi connectivity index (χ2n) is 4.57. The van der Waals surface area contributed by atoms with Crippen molar-refractivity contribution in [3.63, 3.8) is 0 Å². The van der Waals surface area contributed by atoms with Crippen molar-refractivity contribution in [3.05, 3.63) is 16.1 Å². The smallest absolute Gasteiger partial charge is 0.226 e. The van der Waals surface area contributed by atoms with Crippen LogP contribution in [0.25, 0.3) is 0 Å². The number of aromatic nitrogens is 1. The summed E-state index contributed by atoms with van der Waals surface area (Å²) in [5.41, 5.74) is 6.78. The number of thiazole rings is 1. The topological polar surface area (TPSA) is 68.0 Å². The summed E-state index contributed by atoms with van der Waals surface area (Å²) in [4.78, 5) is 16.0. The van der Waals surface area contributed by atoms with E-state index in [4.69, 9.17) is 5.73 Å². The average Bonchev–Trinajstić information content (AvgIpc) is 3.07. The molecule has 2 rings (SSSR count). The summed E-state index contributed by atoms with van der Waals surface area (Å²) in [5, 5.41) is 5.92. The summed E-state index contributed by atoms with van der Waals surface area (Å²) in [7, 11) is 0. The SMILES string of the molecule is CCc1nc(CC(=O)NCC(N)C2CC2)cs1. The van der Waals surface area contributed by atoms with E-state index in [1.807, 2.05) is 5.38 Å². The van der Waals surface area contributed by atoms with Gasteiger partial charge in [-0.2, -0.15) is 0 Å². The third-order valence-corrected chi connectivity index (χ3v) is 4.05. The first-order valence-corrected chi connectivity index (χ1v) is 7.02. The third kappa shape index (κ3) is 3.78. The van der Waals surface area contributed by atoms with Crippen molar-refractivity contribution in [2.24, 2.45) is 11.7 Å². The monoisotopic (exact) mass is 253 g/mol. The number of hydrogen-bond donors (Lipinski definition) is 2. The maximum Gasteiger partial charge on any atom is 0.226 e. The van der Waals surface area contributed by atoms with Crippen molar-refractivity contribution >= 4 is 17.2 Å². The van der Waals surface area contributed by atoms with E-state index in [1.54, 1.807) is 11.3 Å². The van der Waals surface area contributed by atoms with E-state index in [-0.39, 0.29) is 11.9 Å². The summed E-state index contributed by atoms with van der Waals surface area (Å²) in [6.07, 6.45) is 3.72. The Morgan fingerprint density at radius 3 is 3.06 bits per heavy atom. The van der Waals surface area contributed by atoms with Crippen molar-refractivity contribution in [2.75, 3.05) is 6.54 Å². The first kappa shape index (κ1) is 12.5. The van der Waals surface area contributed by atoms with Crippen LogP contribution in [0.2, 0.25) is 0 Å². The Morgan fingerprint density at radius 1 is 1.71 bits per heavy atom. The van der Waals surface area contributed by atoms with Crippen LogP contribution >= 0.6 is 11.3 Å². The summed E-state index contributed by atoms with van der Waals surface area (Å²) in [5.74, 6) is 0.648. The lowest BCUT2D eigenvalue weighted by Crippen LogP contribution is -2.39. The van der Waals surface area contributed by atoms with Crippen molar-refractivity contribution in [1.29, 1.82) is 0 Å². The fraction of sp³-hybridized carbons (Fsp3) is 0.667. The molecule has 1 saturated carbocycles. The molecule has 1 unspecified atom stereocenters. The molecule has 0 aromatic carbocycles. The number of nitrogens with zero attached hydrogens (tertiary/aromatic N) is 1. The minimum Gasteiger partial charge on any atom is -0.354 e. The van der Waals surface area contributed by atoms with Crippen molar-refractivity contribution in [1.82, 2.24) is 10.3 Å². The van der Waals surface area contributed by atoms with Crippen molar-refractivity contribution in [2.45, 2.75) is 38.6 Å². The highest BCUT2D eigenvalue weighted by molar-refractivity contribution is 7.09. The maximum absolute atomic E-state index is 11.7. The highest BCUT2D eigenvalue weighted by Crippen LogP contribution is 2.31. The van der Waals surface area contributed by atoms with E-state index in [0.717, 1.165) is 17.1 Å². The van der Waals surface area contributed by atoms with Crippen LogP contribution in [0.4, 0.5) is 0 Å². The molecule has 0 aliphatic heterocycles. The number of nitrogens with two attached hydrogens (primary N) is 1. The van der Waals surface area contributed by atoms with Crippen LogP contribution in [0.3, 0.4) is 0 Å². The van der Waals surface area contributed by atoms with Crippen LogP contribution < -0.4 is 11.1 Å². The van der Waals surface area contributed by atoms with Gasteiger partial charge in [-0.05, 0) is 25.2 Å². The van der Waals surface area contributed by atoms with Crippen LogP contribution in [0.5, 0.6) is 0 Å². The lowest BCUT2D eigenvalue weighted by Gasteiger charge is -2.10. The molecule has 0 radical (unpaired) electrons. The van der Waals surface area contributed by atoms with Gasteiger partial charge in [0.1, 0.15) is 0 Å². The van der Waals surface area contributed by atoms with Gasteiger partial charge in [-0.15, -0.1) is 11.3 Å². The summed E-state index contributed by atoms with van der Waals surface area (Å²) in [6, 6.07) is 0.126. The fourth-order valence-electron chi connectivity index (χ4n) is 1.74. The normalized spacial score (nSPS) is 16.8. The summed E-state index contributed by atoms with van der Waals surface area (Å²) < 4.78 is 0. The number of nitrogens with one attached hydrogen (secondary N) is 1. The van der Waals surface area contributed by atoms with Gasteiger partial charge in [0.05, 0.1) is 17.1 Å². The number of amides is 1. The number of hydrogen-bond acceptors (Lipinski definition) is 4. The molecule has 1 atom stereocenters. The van der Waals surface area contributed by atoms with Gasteiger partial charge in [-0.1, -0.05) is 6.92 Å². The van der Waals surface area contributed by atoms with E-state index < -0.39 is 0 Å². The molecule has 1 aromatic rings. The predicted octanol–water partition coefficient (Wildman–Crippen LogP) is 1.10. The van der Waals surface area contributed by atoms with Crippen LogP contribution in [0.15, 0.2) is 5.38 Å². The molecule has 0 bridgehead atoms. The quantitative estimate of drug-likeness (QED) is 0.798. The first-order valence-electron chi connectivity index (χ1n) is 6.14. The number of rotatable bonds is 6. The van der Waals surface area contributed by atoms with Gasteiger partial charge < -0.3 is 11.1 Å². The Bertz CT molecular complexity index is 387. The Kier molecular flexibility index (Phi) is 4.12. The molecule has 17 heavy (non-hydrogen) atoms. The molecule has 1 aliphatic carbocycles. The molecule has 1 aliphatic rings. The second-order valence-corrected chi connectivity index (χ2v) is 5.51. The standard InChI is InChI=1S/C12H19N3OS/c1-2-12-15-9(7-17-12)5-11(16)14-6-10(13)8-3-4-8/h7-8,10H,2-6,13H2,1H3,(H,14,16). The van der Waals surface area contributed by atoms with E-state index in [9.17, 15) is 4.79 Å². The molecule has 1 amide bonds. The zero-order valence-corrected chi connectivity index (χ0v) is 10.9. The molecular formula is C12H19N3OS. The number of carbonyl (C=O) groups excluding carboxylic acids is 1. The Hall–Kier alpha value is -0.940. The Balaban J connectivity index is 1.72. The third-order valence-electron chi connectivity index (χ3n) is 3.01. The fourth-order valence-corrected chi connectivity index (χ4v) is 2.49. The molecule has 4 nitrogen and oxygen atoms in total. The van der Waals surface area contributed by atoms with Gasteiger partial charge in [-0.25, -0.2) is 4.98 Å². The largest absolute Gasteiger partial charge is 0.354 e.